The lowest BCUT2D eigenvalue weighted by Gasteiger charge is -2.42. The molecular weight excluding hydrogens is 281 g/mol. The van der Waals surface area contributed by atoms with Crippen molar-refractivity contribution in [3.63, 3.8) is 0 Å². The molecular formula is C15H17Cl2NO. The Bertz CT molecular complexity index is 582. The zero-order chi connectivity index (χ0) is 14.2. The average Bonchev–Trinajstić information content (AvgIpc) is 2.77. The Labute approximate surface area is 123 Å². The van der Waals surface area contributed by atoms with Gasteiger partial charge in [0.2, 0.25) is 6.41 Å². The van der Waals surface area contributed by atoms with Gasteiger partial charge in [-0.1, -0.05) is 24.6 Å². The smallest absolute Gasteiger partial charge is 0.214 e. The predicted molar refractivity (Wildman–Crippen MR) is 79.1 cm³/mol. The van der Waals surface area contributed by atoms with Gasteiger partial charge in [0, 0.05) is 22.6 Å². The van der Waals surface area contributed by atoms with Crippen LogP contribution in [0.25, 0.3) is 0 Å². The number of hydrogen-bond donors (Lipinski definition) is 0. The van der Waals surface area contributed by atoms with Crippen molar-refractivity contribution in [2.24, 2.45) is 5.92 Å². The van der Waals surface area contributed by atoms with Gasteiger partial charge in [-0.3, -0.25) is 4.79 Å². The van der Waals surface area contributed by atoms with Crippen molar-refractivity contribution in [3.8, 4) is 0 Å². The molecule has 0 spiro atoms. The summed E-state index contributed by atoms with van der Waals surface area (Å²) in [5.41, 5.74) is 2.48. The first-order chi connectivity index (χ1) is 8.69. The summed E-state index contributed by atoms with van der Waals surface area (Å²) in [6.07, 6.45) is 0.885. The second-order valence-corrected chi connectivity index (χ2v) is 7.79. The molecule has 1 heterocycles. The maximum absolute atomic E-state index is 11.5. The van der Waals surface area contributed by atoms with Crippen LogP contribution in [0.15, 0.2) is 18.2 Å². The number of carbonyl (C=O) groups is 1. The van der Waals surface area contributed by atoms with E-state index in [1.54, 1.807) is 4.90 Å². The molecule has 1 aromatic carbocycles. The van der Waals surface area contributed by atoms with Crippen LogP contribution < -0.4 is 4.90 Å². The summed E-state index contributed by atoms with van der Waals surface area (Å²) in [5.74, 6) is 0.0373. The van der Waals surface area contributed by atoms with Gasteiger partial charge >= 0.3 is 0 Å². The minimum Gasteiger partial charge on any atom is -0.309 e. The number of alkyl halides is 2. The Morgan fingerprint density at radius 3 is 2.47 bits per heavy atom. The van der Waals surface area contributed by atoms with Crippen LogP contribution in [0, 0.1) is 12.8 Å². The molecule has 1 aliphatic carbocycles. The van der Waals surface area contributed by atoms with Gasteiger partial charge in [-0.05, 0) is 32.4 Å². The molecule has 2 nitrogen and oxygen atoms in total. The number of anilines is 1. The summed E-state index contributed by atoms with van der Waals surface area (Å²) in [6.45, 7) is 8.19. The van der Waals surface area contributed by atoms with Gasteiger partial charge in [-0.25, -0.2) is 0 Å². The third kappa shape index (κ3) is 1.32. The van der Waals surface area contributed by atoms with Crippen molar-refractivity contribution in [1.82, 2.24) is 0 Å². The van der Waals surface area contributed by atoms with Gasteiger partial charge in [-0.2, -0.15) is 0 Å². The fraction of sp³-hybridized carbons (Fsp3) is 0.533. The minimum absolute atomic E-state index is 0.0373. The molecule has 4 heteroatoms. The molecule has 0 unspecified atom stereocenters. The lowest BCUT2D eigenvalue weighted by atomic mass is 9.80. The molecule has 0 aromatic heterocycles. The van der Waals surface area contributed by atoms with Crippen LogP contribution >= 0.6 is 23.2 Å². The van der Waals surface area contributed by atoms with E-state index in [4.69, 9.17) is 23.2 Å². The number of aryl methyl sites for hydroxylation is 1. The fourth-order valence-corrected chi connectivity index (χ4v) is 5.22. The highest BCUT2D eigenvalue weighted by atomic mass is 35.5. The van der Waals surface area contributed by atoms with Crippen LogP contribution in [-0.2, 0) is 10.2 Å². The summed E-state index contributed by atoms with van der Waals surface area (Å²) in [4.78, 5) is 13.3. The third-order valence-electron chi connectivity index (χ3n) is 4.95. The van der Waals surface area contributed by atoms with Crippen LogP contribution in [0.4, 0.5) is 5.69 Å². The van der Waals surface area contributed by atoms with E-state index in [9.17, 15) is 4.79 Å². The molecule has 1 aliphatic heterocycles. The number of fused-ring (bicyclic) bond motifs is 3. The third-order valence-corrected chi connectivity index (χ3v) is 6.17. The lowest BCUT2D eigenvalue weighted by Crippen LogP contribution is -2.50. The first-order valence-electron chi connectivity index (χ1n) is 6.42. The van der Waals surface area contributed by atoms with E-state index in [1.165, 1.54) is 0 Å². The number of benzene rings is 1. The van der Waals surface area contributed by atoms with E-state index in [1.807, 2.05) is 32.9 Å². The summed E-state index contributed by atoms with van der Waals surface area (Å²) in [5, 5.41) is 0. The second kappa shape index (κ2) is 3.48. The summed E-state index contributed by atoms with van der Waals surface area (Å²) in [6, 6.07) is 6.10. The standard InChI is InChI=1S/C15H17Cl2NO/c1-9-5-6-11-10(7-9)14(4)12(15(14,16)17)13(2,3)18(11)8-19/h5-8,12H,1-4H3/t12-,14+/m0/s1. The highest BCUT2D eigenvalue weighted by Crippen LogP contribution is 2.76. The van der Waals surface area contributed by atoms with E-state index in [0.717, 1.165) is 23.2 Å². The molecule has 0 bridgehead atoms. The molecule has 0 N–H and O–H groups in total. The van der Waals surface area contributed by atoms with Crippen molar-refractivity contribution >= 4 is 35.3 Å². The van der Waals surface area contributed by atoms with Crippen LogP contribution in [0.5, 0.6) is 0 Å². The van der Waals surface area contributed by atoms with Crippen molar-refractivity contribution < 1.29 is 4.79 Å². The first-order valence-corrected chi connectivity index (χ1v) is 7.18. The van der Waals surface area contributed by atoms with Gasteiger partial charge in [0.15, 0.2) is 0 Å². The number of nitrogens with zero attached hydrogens (tertiary/aromatic N) is 1. The van der Waals surface area contributed by atoms with E-state index >= 15 is 0 Å². The number of carbonyl (C=O) groups excluding carboxylic acids is 1. The first kappa shape index (κ1) is 13.3. The van der Waals surface area contributed by atoms with E-state index in [2.05, 4.69) is 13.0 Å². The van der Waals surface area contributed by atoms with Gasteiger partial charge in [0.1, 0.15) is 4.33 Å². The molecule has 1 amide bonds. The lowest BCUT2D eigenvalue weighted by molar-refractivity contribution is -0.108. The molecule has 1 saturated carbocycles. The molecule has 2 atom stereocenters. The van der Waals surface area contributed by atoms with Gasteiger partial charge in [-0.15, -0.1) is 23.2 Å². The average molecular weight is 298 g/mol. The predicted octanol–water partition coefficient (Wildman–Crippen LogP) is 3.81. The molecule has 0 saturated heterocycles. The summed E-state index contributed by atoms with van der Waals surface area (Å²) in [7, 11) is 0. The quantitative estimate of drug-likeness (QED) is 0.570. The van der Waals surface area contributed by atoms with Gasteiger partial charge in [0.25, 0.3) is 0 Å². The van der Waals surface area contributed by atoms with E-state index in [0.29, 0.717) is 0 Å². The Morgan fingerprint density at radius 2 is 1.89 bits per heavy atom. The van der Waals surface area contributed by atoms with Crippen LogP contribution in [0.2, 0.25) is 0 Å². The number of halogens is 2. The minimum atomic E-state index is -0.823. The second-order valence-electron chi connectivity index (χ2n) is 6.41. The summed E-state index contributed by atoms with van der Waals surface area (Å²) < 4.78 is -0.823. The van der Waals surface area contributed by atoms with Crippen molar-refractivity contribution in [2.45, 2.75) is 43.0 Å². The number of rotatable bonds is 1. The normalized spacial score (nSPS) is 33.4. The van der Waals surface area contributed by atoms with Crippen LogP contribution in [0.1, 0.15) is 31.9 Å². The van der Waals surface area contributed by atoms with Crippen molar-refractivity contribution in [3.05, 3.63) is 29.3 Å². The molecule has 1 fully saturated rings. The Morgan fingerprint density at radius 1 is 1.26 bits per heavy atom. The van der Waals surface area contributed by atoms with Crippen LogP contribution in [-0.4, -0.2) is 16.3 Å². The molecule has 3 rings (SSSR count). The zero-order valence-corrected chi connectivity index (χ0v) is 13.0. The SMILES string of the molecule is Cc1ccc2c(c1)[C@]1(C)[C@H](C(C)(C)N2C=O)C1(Cl)Cl. The molecule has 2 aliphatic rings. The molecule has 19 heavy (non-hydrogen) atoms. The van der Waals surface area contributed by atoms with Crippen molar-refractivity contribution in [2.75, 3.05) is 4.90 Å². The maximum Gasteiger partial charge on any atom is 0.214 e. The zero-order valence-electron chi connectivity index (χ0n) is 11.5. The number of hydrogen-bond acceptors (Lipinski definition) is 1. The van der Waals surface area contributed by atoms with E-state index in [-0.39, 0.29) is 16.9 Å². The molecule has 0 radical (unpaired) electrons. The molecule has 102 valence electrons. The van der Waals surface area contributed by atoms with Gasteiger partial charge in [0.05, 0.1) is 0 Å². The maximum atomic E-state index is 11.5. The summed E-state index contributed by atoms with van der Waals surface area (Å²) >= 11 is 13.1. The van der Waals surface area contributed by atoms with Crippen LogP contribution in [0.3, 0.4) is 0 Å². The molecule has 1 aromatic rings. The monoisotopic (exact) mass is 297 g/mol. The van der Waals surface area contributed by atoms with E-state index < -0.39 is 4.33 Å². The highest BCUT2D eigenvalue weighted by Gasteiger charge is 2.81. The Kier molecular flexibility index (Phi) is 2.43. The van der Waals surface area contributed by atoms with Gasteiger partial charge < -0.3 is 4.90 Å². The number of amides is 1. The highest BCUT2D eigenvalue weighted by molar-refractivity contribution is 6.53. The largest absolute Gasteiger partial charge is 0.309 e. The fourth-order valence-electron chi connectivity index (χ4n) is 3.93. The Hall–Kier alpha value is -0.730. The van der Waals surface area contributed by atoms with Crippen molar-refractivity contribution in [1.29, 1.82) is 0 Å². The topological polar surface area (TPSA) is 20.3 Å². The Balaban J connectivity index is 2.32.